The van der Waals surface area contributed by atoms with Crippen LogP contribution in [0.4, 0.5) is 8.78 Å². The standard InChI is InChI=1S/C15H17F2N3/c1-4-6-20(7-5-2)10(3)15-18-13-8-11(16)12(17)9-14(13)19-15/h4-5,8-10H,1-2,6-7H2,3H3,(H,18,19). The van der Waals surface area contributed by atoms with Gasteiger partial charge in [-0.05, 0) is 6.92 Å². The quantitative estimate of drug-likeness (QED) is 0.818. The SMILES string of the molecule is C=CCN(CC=C)C(C)c1nc2cc(F)c(F)cc2[nH]1. The van der Waals surface area contributed by atoms with Crippen LogP contribution in [0.15, 0.2) is 37.4 Å². The van der Waals surface area contributed by atoms with E-state index in [0.717, 1.165) is 12.1 Å². The molecule has 0 aliphatic rings. The number of imidazole rings is 1. The summed E-state index contributed by atoms with van der Waals surface area (Å²) < 4.78 is 26.4. The summed E-state index contributed by atoms with van der Waals surface area (Å²) >= 11 is 0. The van der Waals surface area contributed by atoms with Gasteiger partial charge in [0.05, 0.1) is 17.1 Å². The van der Waals surface area contributed by atoms with Crippen molar-refractivity contribution in [3.8, 4) is 0 Å². The molecule has 1 N–H and O–H groups in total. The highest BCUT2D eigenvalue weighted by Crippen LogP contribution is 2.22. The number of benzene rings is 1. The lowest BCUT2D eigenvalue weighted by Gasteiger charge is -2.24. The second-order valence-electron chi connectivity index (χ2n) is 4.61. The molecule has 5 heteroatoms. The van der Waals surface area contributed by atoms with E-state index in [1.165, 1.54) is 0 Å². The van der Waals surface area contributed by atoms with Gasteiger partial charge >= 0.3 is 0 Å². The van der Waals surface area contributed by atoms with Gasteiger partial charge in [0.15, 0.2) is 11.6 Å². The maximum absolute atomic E-state index is 13.2. The van der Waals surface area contributed by atoms with Crippen molar-refractivity contribution in [2.45, 2.75) is 13.0 Å². The lowest BCUT2D eigenvalue weighted by Crippen LogP contribution is -2.28. The Kier molecular flexibility index (Phi) is 4.29. The molecule has 0 aliphatic carbocycles. The minimum absolute atomic E-state index is 0.0375. The molecule has 1 atom stereocenters. The number of H-pyrrole nitrogens is 1. The third kappa shape index (κ3) is 2.77. The molecule has 0 aliphatic heterocycles. The minimum Gasteiger partial charge on any atom is -0.341 e. The van der Waals surface area contributed by atoms with E-state index in [2.05, 4.69) is 28.0 Å². The monoisotopic (exact) mass is 277 g/mol. The van der Waals surface area contributed by atoms with Crippen LogP contribution in [-0.4, -0.2) is 28.0 Å². The van der Waals surface area contributed by atoms with E-state index in [1.54, 1.807) is 12.2 Å². The van der Waals surface area contributed by atoms with Crippen molar-refractivity contribution in [1.82, 2.24) is 14.9 Å². The van der Waals surface area contributed by atoms with Crippen LogP contribution in [0.3, 0.4) is 0 Å². The van der Waals surface area contributed by atoms with E-state index < -0.39 is 11.6 Å². The first-order chi connectivity index (χ1) is 9.56. The van der Waals surface area contributed by atoms with Crippen molar-refractivity contribution in [3.63, 3.8) is 0 Å². The van der Waals surface area contributed by atoms with Gasteiger partial charge in [-0.3, -0.25) is 4.90 Å². The molecule has 0 amide bonds. The average molecular weight is 277 g/mol. The highest BCUT2D eigenvalue weighted by Gasteiger charge is 2.18. The van der Waals surface area contributed by atoms with Gasteiger partial charge in [-0.15, -0.1) is 13.2 Å². The fourth-order valence-corrected chi connectivity index (χ4v) is 2.12. The van der Waals surface area contributed by atoms with E-state index in [1.807, 2.05) is 6.92 Å². The van der Waals surface area contributed by atoms with Crippen molar-refractivity contribution in [3.05, 3.63) is 54.9 Å². The Morgan fingerprint density at radius 1 is 1.25 bits per heavy atom. The molecule has 0 spiro atoms. The molecule has 0 fully saturated rings. The number of hydrogen-bond acceptors (Lipinski definition) is 2. The van der Waals surface area contributed by atoms with E-state index in [-0.39, 0.29) is 6.04 Å². The molecular formula is C15H17F2N3. The topological polar surface area (TPSA) is 31.9 Å². The molecule has 0 bridgehead atoms. The zero-order valence-corrected chi connectivity index (χ0v) is 11.4. The summed E-state index contributed by atoms with van der Waals surface area (Å²) in [5.74, 6) is -1.11. The predicted molar refractivity (Wildman–Crippen MR) is 76.4 cm³/mol. The van der Waals surface area contributed by atoms with E-state index in [0.29, 0.717) is 29.9 Å². The molecular weight excluding hydrogens is 260 g/mol. The predicted octanol–water partition coefficient (Wildman–Crippen LogP) is 3.58. The van der Waals surface area contributed by atoms with Gasteiger partial charge in [0, 0.05) is 25.2 Å². The normalized spacial score (nSPS) is 12.8. The van der Waals surface area contributed by atoms with Crippen LogP contribution < -0.4 is 0 Å². The zero-order chi connectivity index (χ0) is 14.7. The average Bonchev–Trinajstić information content (AvgIpc) is 2.81. The third-order valence-corrected chi connectivity index (χ3v) is 3.21. The summed E-state index contributed by atoms with van der Waals surface area (Å²) in [5, 5.41) is 0. The number of hydrogen-bond donors (Lipinski definition) is 1. The number of aromatic nitrogens is 2. The van der Waals surface area contributed by atoms with Crippen molar-refractivity contribution in [1.29, 1.82) is 0 Å². The smallest absolute Gasteiger partial charge is 0.161 e. The van der Waals surface area contributed by atoms with Crippen LogP contribution in [0, 0.1) is 11.6 Å². The van der Waals surface area contributed by atoms with Gasteiger partial charge < -0.3 is 4.98 Å². The largest absolute Gasteiger partial charge is 0.341 e. The molecule has 1 aromatic heterocycles. The van der Waals surface area contributed by atoms with Gasteiger partial charge in [0.2, 0.25) is 0 Å². The number of rotatable bonds is 6. The fourth-order valence-electron chi connectivity index (χ4n) is 2.12. The summed E-state index contributed by atoms with van der Waals surface area (Å²) in [6.45, 7) is 10.8. The van der Waals surface area contributed by atoms with Gasteiger partial charge in [-0.25, -0.2) is 13.8 Å². The number of nitrogens with zero attached hydrogens (tertiary/aromatic N) is 2. The summed E-state index contributed by atoms with van der Waals surface area (Å²) in [6.07, 6.45) is 3.59. The van der Waals surface area contributed by atoms with Crippen LogP contribution in [0.1, 0.15) is 18.8 Å². The molecule has 0 radical (unpaired) electrons. The molecule has 0 saturated carbocycles. The first-order valence-electron chi connectivity index (χ1n) is 6.37. The molecule has 2 aromatic rings. The van der Waals surface area contributed by atoms with Crippen LogP contribution in [-0.2, 0) is 0 Å². The van der Waals surface area contributed by atoms with Crippen molar-refractivity contribution < 1.29 is 8.78 Å². The molecule has 1 heterocycles. The number of nitrogens with one attached hydrogen (secondary N) is 1. The highest BCUT2D eigenvalue weighted by molar-refractivity contribution is 5.75. The van der Waals surface area contributed by atoms with Crippen LogP contribution in [0.25, 0.3) is 11.0 Å². The lowest BCUT2D eigenvalue weighted by molar-refractivity contribution is 0.252. The highest BCUT2D eigenvalue weighted by atomic mass is 19.2. The molecule has 1 unspecified atom stereocenters. The Bertz CT molecular complexity index is 584. The van der Waals surface area contributed by atoms with Gasteiger partial charge in [-0.2, -0.15) is 0 Å². The van der Waals surface area contributed by atoms with Crippen LogP contribution in [0.5, 0.6) is 0 Å². The molecule has 3 nitrogen and oxygen atoms in total. The van der Waals surface area contributed by atoms with Crippen LogP contribution in [0.2, 0.25) is 0 Å². The Balaban J connectivity index is 2.35. The van der Waals surface area contributed by atoms with E-state index in [4.69, 9.17) is 0 Å². The maximum atomic E-state index is 13.2. The molecule has 2 rings (SSSR count). The molecule has 1 aromatic carbocycles. The van der Waals surface area contributed by atoms with Gasteiger partial charge in [0.25, 0.3) is 0 Å². The van der Waals surface area contributed by atoms with Crippen LogP contribution >= 0.6 is 0 Å². The summed E-state index contributed by atoms with van der Waals surface area (Å²) in [6, 6.07) is 2.19. The van der Waals surface area contributed by atoms with Crippen molar-refractivity contribution >= 4 is 11.0 Å². The Morgan fingerprint density at radius 3 is 2.45 bits per heavy atom. The Hall–Kier alpha value is -2.01. The second kappa shape index (κ2) is 5.96. The minimum atomic E-state index is -0.891. The van der Waals surface area contributed by atoms with E-state index >= 15 is 0 Å². The van der Waals surface area contributed by atoms with Gasteiger partial charge in [-0.1, -0.05) is 12.2 Å². The second-order valence-corrected chi connectivity index (χ2v) is 4.61. The summed E-state index contributed by atoms with van der Waals surface area (Å²) in [7, 11) is 0. The molecule has 0 saturated heterocycles. The zero-order valence-electron chi connectivity index (χ0n) is 11.4. The maximum Gasteiger partial charge on any atom is 0.161 e. The number of fused-ring (bicyclic) bond motifs is 1. The summed E-state index contributed by atoms with van der Waals surface area (Å²) in [4.78, 5) is 9.45. The Morgan fingerprint density at radius 2 is 1.85 bits per heavy atom. The van der Waals surface area contributed by atoms with Crippen molar-refractivity contribution in [2.24, 2.45) is 0 Å². The summed E-state index contributed by atoms with van der Waals surface area (Å²) in [5.41, 5.74) is 0.908. The fraction of sp³-hybridized carbons (Fsp3) is 0.267. The van der Waals surface area contributed by atoms with E-state index in [9.17, 15) is 8.78 Å². The Labute approximate surface area is 116 Å². The first kappa shape index (κ1) is 14.4. The lowest BCUT2D eigenvalue weighted by atomic mass is 10.2. The number of halogens is 2. The van der Waals surface area contributed by atoms with Gasteiger partial charge in [0.1, 0.15) is 5.82 Å². The van der Waals surface area contributed by atoms with Crippen molar-refractivity contribution in [2.75, 3.05) is 13.1 Å². The first-order valence-corrected chi connectivity index (χ1v) is 6.37. The third-order valence-electron chi connectivity index (χ3n) is 3.21. The molecule has 106 valence electrons. The number of aromatic amines is 1. The molecule has 20 heavy (non-hydrogen) atoms.